The van der Waals surface area contributed by atoms with Gasteiger partial charge in [0, 0.05) is 7.05 Å². The third kappa shape index (κ3) is 2.59. The zero-order valence-corrected chi connectivity index (χ0v) is 5.07. The minimum Gasteiger partial charge on any atom is -0.213 e. The fourth-order valence-electron chi connectivity index (χ4n) is 0. The number of nitrogens with zero attached hydrogens (tertiary/aromatic N) is 1. The number of hydrogen-bond acceptors (Lipinski definition) is 2. The molecule has 42 valence electrons. The summed E-state index contributed by atoms with van der Waals surface area (Å²) in [6.07, 6.45) is 1.03. The maximum Gasteiger partial charge on any atom is 0.211 e. The van der Waals surface area contributed by atoms with Crippen LogP contribution in [0.5, 0.6) is 0 Å². The predicted octanol–water partition coefficient (Wildman–Crippen LogP) is -0.454. The van der Waals surface area contributed by atoms with E-state index in [1.165, 1.54) is 7.05 Å². The van der Waals surface area contributed by atoms with Crippen LogP contribution in [0.4, 0.5) is 0 Å². The molecule has 0 bridgehead atoms. The van der Waals surface area contributed by atoms with Crippen molar-refractivity contribution in [2.24, 2.45) is 0 Å². The molecule has 3 nitrogen and oxygen atoms in total. The van der Waals surface area contributed by atoms with Crippen LogP contribution in [0.15, 0.2) is 0 Å². The van der Waals surface area contributed by atoms with E-state index < -0.39 is 10.0 Å². The summed E-state index contributed by atoms with van der Waals surface area (Å²) in [5, 5.41) is 0. The Labute approximate surface area is 44.0 Å². The van der Waals surface area contributed by atoms with E-state index in [2.05, 4.69) is 0 Å². The van der Waals surface area contributed by atoms with Crippen LogP contribution in [-0.4, -0.2) is 26.0 Å². The van der Waals surface area contributed by atoms with Gasteiger partial charge < -0.3 is 0 Å². The van der Waals surface area contributed by atoms with Gasteiger partial charge in [0.25, 0.3) is 0 Å². The van der Waals surface area contributed by atoms with Gasteiger partial charge in [0.1, 0.15) is 0 Å². The van der Waals surface area contributed by atoms with Crippen LogP contribution in [-0.2, 0) is 10.0 Å². The van der Waals surface area contributed by atoms with Gasteiger partial charge in [-0.1, -0.05) is 0 Å². The lowest BCUT2D eigenvalue weighted by molar-refractivity contribution is 0.544. The second kappa shape index (κ2) is 1.79. The van der Waals surface area contributed by atoms with Crippen molar-refractivity contribution in [3.05, 3.63) is 7.05 Å². The number of hydrogen-bond donors (Lipinski definition) is 0. The monoisotopic (exact) mass is 121 g/mol. The van der Waals surface area contributed by atoms with Crippen molar-refractivity contribution in [3.63, 3.8) is 0 Å². The van der Waals surface area contributed by atoms with Crippen molar-refractivity contribution in [1.82, 2.24) is 4.31 Å². The smallest absolute Gasteiger partial charge is 0.211 e. The van der Waals surface area contributed by atoms with E-state index >= 15 is 0 Å². The molecule has 0 spiro atoms. The van der Waals surface area contributed by atoms with Crippen LogP contribution in [0.1, 0.15) is 0 Å². The third-order valence-electron chi connectivity index (χ3n) is 0.523. The SMILES string of the molecule is [CH]N(C)S(C)(=O)=O. The lowest BCUT2D eigenvalue weighted by Crippen LogP contribution is -2.17. The molecular weight excluding hydrogens is 114 g/mol. The summed E-state index contributed by atoms with van der Waals surface area (Å²) in [6.45, 7) is 0. The first-order valence-electron chi connectivity index (χ1n) is 1.63. The van der Waals surface area contributed by atoms with Gasteiger partial charge in [-0.25, -0.2) is 8.42 Å². The highest BCUT2D eigenvalue weighted by Gasteiger charge is 2.01. The first kappa shape index (κ1) is 6.91. The van der Waals surface area contributed by atoms with Gasteiger partial charge in [0.2, 0.25) is 10.0 Å². The molecule has 0 aliphatic heterocycles. The predicted molar refractivity (Wildman–Crippen MR) is 26.9 cm³/mol. The summed E-state index contributed by atoms with van der Waals surface area (Å²) in [5.41, 5.74) is 0. The molecule has 0 rings (SSSR count). The highest BCUT2D eigenvalue weighted by atomic mass is 32.2. The van der Waals surface area contributed by atoms with Crippen molar-refractivity contribution < 1.29 is 8.42 Å². The Morgan fingerprint density at radius 3 is 1.71 bits per heavy atom. The van der Waals surface area contributed by atoms with Gasteiger partial charge >= 0.3 is 0 Å². The molecule has 0 aromatic rings. The zero-order chi connectivity index (χ0) is 6.08. The summed E-state index contributed by atoms with van der Waals surface area (Å²) in [4.78, 5) is 0. The number of sulfonamides is 1. The van der Waals surface area contributed by atoms with Crippen molar-refractivity contribution >= 4 is 10.0 Å². The maximum absolute atomic E-state index is 10.1. The molecule has 0 aromatic carbocycles. The van der Waals surface area contributed by atoms with Crippen molar-refractivity contribution in [3.8, 4) is 0 Å². The molecule has 0 heterocycles. The third-order valence-corrected chi connectivity index (χ3v) is 1.57. The van der Waals surface area contributed by atoms with Gasteiger partial charge in [-0.05, 0) is 0 Å². The molecule has 0 amide bonds. The fourth-order valence-corrected chi connectivity index (χ4v) is 0. The molecule has 4 heteroatoms. The summed E-state index contributed by atoms with van der Waals surface area (Å²) in [6, 6.07) is 0. The van der Waals surface area contributed by atoms with E-state index in [-0.39, 0.29) is 0 Å². The Morgan fingerprint density at radius 1 is 1.57 bits per heavy atom. The molecule has 2 radical (unpaired) electrons. The minimum absolute atomic E-state index is 0.660. The van der Waals surface area contributed by atoms with Gasteiger partial charge in [0.15, 0.2) is 0 Å². The molecule has 0 saturated heterocycles. The Bertz CT molecular complexity index is 135. The van der Waals surface area contributed by atoms with Gasteiger partial charge in [-0.15, -0.1) is 0 Å². The molecule has 0 saturated carbocycles. The highest BCUT2D eigenvalue weighted by Crippen LogP contribution is 1.85. The fraction of sp³-hybridized carbons (Fsp3) is 0.667. The first-order valence-corrected chi connectivity index (χ1v) is 3.48. The normalized spacial score (nSPS) is 12.6. The highest BCUT2D eigenvalue weighted by molar-refractivity contribution is 7.88. The summed E-state index contributed by atoms with van der Waals surface area (Å²) in [7, 11) is 2.96. The molecule has 0 fully saturated rings. The van der Waals surface area contributed by atoms with Gasteiger partial charge in [-0.3, -0.25) is 0 Å². The molecule has 0 aliphatic rings. The Hall–Kier alpha value is -0.0900. The Balaban J connectivity index is 4.10. The van der Waals surface area contributed by atoms with Gasteiger partial charge in [-0.2, -0.15) is 4.31 Å². The van der Waals surface area contributed by atoms with E-state index in [9.17, 15) is 8.42 Å². The van der Waals surface area contributed by atoms with Crippen LogP contribution >= 0.6 is 0 Å². The number of rotatable bonds is 1. The van der Waals surface area contributed by atoms with E-state index in [0.29, 0.717) is 4.31 Å². The van der Waals surface area contributed by atoms with Crippen LogP contribution in [0.3, 0.4) is 0 Å². The summed E-state index contributed by atoms with van der Waals surface area (Å²) < 4.78 is 20.9. The molecule has 0 aromatic heterocycles. The van der Waals surface area contributed by atoms with E-state index in [1.807, 2.05) is 0 Å². The lowest BCUT2D eigenvalue weighted by Gasteiger charge is -2.02. The topological polar surface area (TPSA) is 37.4 Å². The van der Waals surface area contributed by atoms with E-state index in [0.717, 1.165) is 6.26 Å². The lowest BCUT2D eigenvalue weighted by atomic mass is 11.3. The minimum atomic E-state index is -3.13. The molecule has 7 heavy (non-hydrogen) atoms. The van der Waals surface area contributed by atoms with E-state index in [1.54, 1.807) is 0 Å². The molecule has 0 atom stereocenters. The molecule has 0 N–H and O–H groups in total. The molecule has 0 aliphatic carbocycles. The largest absolute Gasteiger partial charge is 0.213 e. The van der Waals surface area contributed by atoms with Crippen LogP contribution < -0.4 is 0 Å². The molecular formula is C3H7NO2S. The van der Waals surface area contributed by atoms with Crippen molar-refractivity contribution in [2.45, 2.75) is 0 Å². The summed E-state index contributed by atoms with van der Waals surface area (Å²) in [5.74, 6) is 0. The van der Waals surface area contributed by atoms with Crippen LogP contribution in [0.25, 0.3) is 0 Å². The van der Waals surface area contributed by atoms with Crippen molar-refractivity contribution in [1.29, 1.82) is 0 Å². The first-order chi connectivity index (χ1) is 2.94. The average Bonchev–Trinajstić information content (AvgIpc) is 1.31. The van der Waals surface area contributed by atoms with E-state index in [4.69, 9.17) is 7.05 Å². The Morgan fingerprint density at radius 2 is 1.71 bits per heavy atom. The van der Waals surface area contributed by atoms with Crippen LogP contribution in [0, 0.1) is 7.05 Å². The van der Waals surface area contributed by atoms with Crippen molar-refractivity contribution in [2.75, 3.05) is 13.3 Å². The second-order valence-electron chi connectivity index (χ2n) is 1.28. The average molecular weight is 121 g/mol. The Kier molecular flexibility index (Phi) is 1.77. The maximum atomic E-state index is 10.1. The quantitative estimate of drug-likeness (QED) is 0.440. The molecule has 0 unspecified atom stereocenters. The van der Waals surface area contributed by atoms with Crippen LogP contribution in [0.2, 0.25) is 0 Å². The summed E-state index contributed by atoms with van der Waals surface area (Å²) >= 11 is 0. The second-order valence-corrected chi connectivity index (χ2v) is 3.32. The standard InChI is InChI=1S/C3H7NO2S/c1-4(2)7(3,5)6/h1H,2-3H3. The zero-order valence-electron chi connectivity index (χ0n) is 4.25. The van der Waals surface area contributed by atoms with Gasteiger partial charge in [0.05, 0.1) is 13.3 Å².